The quantitative estimate of drug-likeness (QED) is 0.334. The molecule has 1 heterocycles. The van der Waals surface area contributed by atoms with Gasteiger partial charge in [-0.05, 0) is 47.6 Å². The Morgan fingerprint density at radius 3 is 2.23 bits per heavy atom. The van der Waals surface area contributed by atoms with Crippen LogP contribution in [0.15, 0.2) is 84.9 Å². The number of rotatable bonds is 8. The van der Waals surface area contributed by atoms with Gasteiger partial charge in [0.15, 0.2) is 0 Å². The summed E-state index contributed by atoms with van der Waals surface area (Å²) < 4.78 is 0. The molecular weight excluding hydrogens is 518 g/mol. The lowest BCUT2D eigenvalue weighted by molar-refractivity contribution is -0.127. The second-order valence-electron chi connectivity index (χ2n) is 10.7. The second kappa shape index (κ2) is 14.0. The molecule has 5 rings (SSSR count). The Labute approximate surface area is 240 Å². The molecule has 3 aromatic carbocycles. The molecule has 3 N–H and O–H groups in total. The third kappa shape index (κ3) is 6.95. The summed E-state index contributed by atoms with van der Waals surface area (Å²) in [7, 11) is -0.270. The predicted octanol–water partition coefficient (Wildman–Crippen LogP) is 5.16. The average Bonchev–Trinajstić information content (AvgIpc) is 3.03. The first-order valence-corrected chi connectivity index (χ1v) is 16.0. The second-order valence-corrected chi connectivity index (χ2v) is 12.9. The minimum absolute atomic E-state index is 0.0143. The first kappa shape index (κ1) is 28.4. The molecule has 1 aliphatic carbocycles. The van der Waals surface area contributed by atoms with Gasteiger partial charge in [-0.25, -0.2) is 4.79 Å². The van der Waals surface area contributed by atoms with Gasteiger partial charge in [-0.15, -0.1) is 0 Å². The van der Waals surface area contributed by atoms with Crippen molar-refractivity contribution in [1.29, 1.82) is 0 Å². The van der Waals surface area contributed by atoms with E-state index >= 15 is 0 Å². The average molecular weight is 559 g/mol. The maximum atomic E-state index is 13.6. The van der Waals surface area contributed by atoms with E-state index in [1.54, 1.807) is 0 Å². The lowest BCUT2D eigenvalue weighted by Gasteiger charge is -2.32. The fourth-order valence-corrected chi connectivity index (χ4v) is 7.73. The maximum Gasteiger partial charge on any atom is 0.436 e. The van der Waals surface area contributed by atoms with E-state index < -0.39 is 6.04 Å². The Kier molecular flexibility index (Phi) is 9.92. The Morgan fingerprint density at radius 2 is 1.55 bits per heavy atom. The summed E-state index contributed by atoms with van der Waals surface area (Å²) in [5.74, 6) is 1.82. The Hall–Kier alpha value is -3.13. The number of nitrogens with zero attached hydrogens (tertiary/aromatic N) is 1. The third-order valence-corrected chi connectivity index (χ3v) is 10.2. The van der Waals surface area contributed by atoms with E-state index in [9.17, 15) is 14.7 Å². The highest BCUT2D eigenvalue weighted by Crippen LogP contribution is 2.38. The van der Waals surface area contributed by atoms with Gasteiger partial charge in [0.2, 0.25) is 5.91 Å². The van der Waals surface area contributed by atoms with E-state index in [2.05, 4.69) is 34.9 Å². The summed E-state index contributed by atoms with van der Waals surface area (Å²) in [6.45, 7) is 2.19. The van der Waals surface area contributed by atoms with E-state index in [1.807, 2.05) is 65.6 Å². The van der Waals surface area contributed by atoms with Gasteiger partial charge in [0.1, 0.15) is 11.5 Å². The largest absolute Gasteiger partial charge is 0.436 e. The van der Waals surface area contributed by atoms with Gasteiger partial charge in [-0.2, -0.15) is 0 Å². The van der Waals surface area contributed by atoms with Crippen molar-refractivity contribution in [1.82, 2.24) is 10.6 Å². The summed E-state index contributed by atoms with van der Waals surface area (Å²) in [6.07, 6.45) is 3.95. The zero-order chi connectivity index (χ0) is 27.7. The van der Waals surface area contributed by atoms with Gasteiger partial charge in [0.25, 0.3) is 0 Å². The normalized spacial score (nSPS) is 20.4. The van der Waals surface area contributed by atoms with E-state index in [0.29, 0.717) is 6.54 Å². The topological polar surface area (TPSA) is 81.7 Å². The molecule has 3 atom stereocenters. The van der Waals surface area contributed by atoms with Crippen molar-refractivity contribution in [2.24, 2.45) is 5.92 Å². The lowest BCUT2D eigenvalue weighted by atomic mass is 9.74. The summed E-state index contributed by atoms with van der Waals surface area (Å²) in [5.41, 5.74) is 4.10. The SMILES string of the molecule is O=C(N[C@@H](CO)c1ccccc1)[C@H]1CCCC[C@H]1c1ccc(CN(C(=O)[S+]2CCNCC2)c2ccccc2)cc1. The fraction of sp³-hybridized carbons (Fsp3) is 0.394. The molecule has 2 amide bonds. The number of amides is 2. The van der Waals surface area contributed by atoms with Crippen molar-refractivity contribution in [2.45, 2.75) is 44.2 Å². The molecular formula is C33H40N3O3S+. The number of para-hydroxylation sites is 1. The van der Waals surface area contributed by atoms with Crippen LogP contribution in [0.5, 0.6) is 0 Å². The lowest BCUT2D eigenvalue weighted by Crippen LogP contribution is -2.45. The number of nitrogens with one attached hydrogen (secondary N) is 2. The van der Waals surface area contributed by atoms with E-state index in [4.69, 9.17) is 0 Å². The highest BCUT2D eigenvalue weighted by Gasteiger charge is 2.37. The standard InChI is InChI=1S/C33H39N3O3S/c37-24-31(27-9-3-1-4-10-27)35-32(38)30-14-8-7-13-29(30)26-17-15-25(16-18-26)23-36(28-11-5-2-6-12-28)33(39)40-21-19-34-20-22-40/h1-6,9-12,15-18,29-31,34,37H,7-8,13-14,19-24H2/p+1/t29-,30-,31-/m0/s1. The molecule has 7 heteroatoms. The number of benzene rings is 3. The highest BCUT2D eigenvalue weighted by molar-refractivity contribution is 8.11. The molecule has 3 aromatic rings. The van der Waals surface area contributed by atoms with E-state index in [0.717, 1.165) is 67.1 Å². The van der Waals surface area contributed by atoms with Crippen molar-refractivity contribution in [3.05, 3.63) is 102 Å². The fourth-order valence-electron chi connectivity index (χ4n) is 5.91. The number of aliphatic hydroxyl groups excluding tert-OH is 1. The third-order valence-electron chi connectivity index (χ3n) is 8.14. The van der Waals surface area contributed by atoms with Crippen LogP contribution in [0, 0.1) is 5.92 Å². The molecule has 1 saturated carbocycles. The van der Waals surface area contributed by atoms with Crippen molar-refractivity contribution in [3.8, 4) is 0 Å². The molecule has 0 radical (unpaired) electrons. The molecule has 1 saturated heterocycles. The van der Waals surface area contributed by atoms with E-state index in [-0.39, 0.29) is 40.5 Å². The zero-order valence-electron chi connectivity index (χ0n) is 23.0. The van der Waals surface area contributed by atoms with Crippen molar-refractivity contribution in [2.75, 3.05) is 36.1 Å². The van der Waals surface area contributed by atoms with Crippen LogP contribution >= 0.6 is 0 Å². The van der Waals surface area contributed by atoms with Crippen LogP contribution in [0.2, 0.25) is 0 Å². The zero-order valence-corrected chi connectivity index (χ0v) is 23.8. The van der Waals surface area contributed by atoms with Crippen LogP contribution in [0.1, 0.15) is 54.3 Å². The Bertz CT molecular complexity index is 1230. The molecule has 0 bridgehead atoms. The Balaban J connectivity index is 1.30. The molecule has 0 spiro atoms. The maximum absolute atomic E-state index is 13.6. The van der Waals surface area contributed by atoms with Crippen LogP contribution in [0.4, 0.5) is 10.5 Å². The van der Waals surface area contributed by atoms with Gasteiger partial charge in [-0.3, -0.25) is 9.69 Å². The molecule has 0 unspecified atom stereocenters. The predicted molar refractivity (Wildman–Crippen MR) is 164 cm³/mol. The number of anilines is 1. The van der Waals surface area contributed by atoms with Gasteiger partial charge < -0.3 is 15.7 Å². The summed E-state index contributed by atoms with van der Waals surface area (Å²) in [4.78, 5) is 29.0. The number of hydrogen-bond acceptors (Lipinski definition) is 4. The smallest absolute Gasteiger partial charge is 0.394 e. The highest BCUT2D eigenvalue weighted by atomic mass is 32.2. The molecule has 1 aliphatic heterocycles. The minimum atomic E-state index is -0.402. The number of carbonyl (C=O) groups excluding carboxylic acids is 2. The van der Waals surface area contributed by atoms with Crippen molar-refractivity contribution in [3.63, 3.8) is 0 Å². The van der Waals surface area contributed by atoms with Crippen LogP contribution in [0.25, 0.3) is 0 Å². The van der Waals surface area contributed by atoms with Crippen molar-refractivity contribution >= 4 is 27.7 Å². The summed E-state index contributed by atoms with van der Waals surface area (Å²) in [5, 5.41) is 16.7. The minimum Gasteiger partial charge on any atom is -0.394 e. The van der Waals surface area contributed by atoms with Crippen LogP contribution in [0.3, 0.4) is 0 Å². The molecule has 40 heavy (non-hydrogen) atoms. The van der Waals surface area contributed by atoms with Gasteiger partial charge in [-0.1, -0.05) is 85.6 Å². The van der Waals surface area contributed by atoms with Crippen LogP contribution in [-0.2, 0) is 22.2 Å². The first-order valence-electron chi connectivity index (χ1n) is 14.4. The first-order chi connectivity index (χ1) is 19.6. The van der Waals surface area contributed by atoms with Crippen LogP contribution < -0.4 is 15.5 Å². The Morgan fingerprint density at radius 1 is 0.900 bits per heavy atom. The molecule has 6 nitrogen and oxygen atoms in total. The molecule has 2 fully saturated rings. The van der Waals surface area contributed by atoms with Crippen LogP contribution in [-0.4, -0.2) is 47.5 Å². The molecule has 2 aliphatic rings. The van der Waals surface area contributed by atoms with E-state index in [1.165, 1.54) is 5.56 Å². The van der Waals surface area contributed by atoms with Crippen molar-refractivity contribution < 1.29 is 14.7 Å². The number of aliphatic hydroxyl groups is 1. The monoisotopic (exact) mass is 558 g/mol. The van der Waals surface area contributed by atoms with Gasteiger partial charge in [0.05, 0.1) is 30.1 Å². The number of hydrogen-bond donors (Lipinski definition) is 3. The van der Waals surface area contributed by atoms with Gasteiger partial charge in [0, 0.05) is 24.7 Å². The number of carbonyl (C=O) groups is 2. The van der Waals surface area contributed by atoms with Gasteiger partial charge >= 0.3 is 5.24 Å². The molecule has 210 valence electrons. The molecule has 0 aromatic heterocycles. The summed E-state index contributed by atoms with van der Waals surface area (Å²) >= 11 is 0. The summed E-state index contributed by atoms with van der Waals surface area (Å²) in [6, 6.07) is 27.8.